The Kier molecular flexibility index (Phi) is 4.60. The molecule has 2 N–H and O–H groups in total. The van der Waals surface area contributed by atoms with Gasteiger partial charge in [-0.25, -0.2) is 8.78 Å². The Morgan fingerprint density at radius 3 is 2.74 bits per heavy atom. The van der Waals surface area contributed by atoms with Gasteiger partial charge in [-0.15, -0.1) is 0 Å². The third-order valence-electron chi connectivity index (χ3n) is 5.50. The van der Waals surface area contributed by atoms with E-state index in [1.54, 1.807) is 0 Å². The van der Waals surface area contributed by atoms with E-state index in [9.17, 15) is 18.7 Å². The van der Waals surface area contributed by atoms with Crippen LogP contribution in [0.1, 0.15) is 45.9 Å². The van der Waals surface area contributed by atoms with Gasteiger partial charge in [0.25, 0.3) is 5.91 Å². The van der Waals surface area contributed by atoms with Gasteiger partial charge in [-0.1, -0.05) is 12.1 Å². The van der Waals surface area contributed by atoms with Crippen LogP contribution < -0.4 is 10.1 Å². The minimum Gasteiger partial charge on any atom is -0.493 e. The van der Waals surface area contributed by atoms with Crippen LogP contribution >= 0.6 is 0 Å². The summed E-state index contributed by atoms with van der Waals surface area (Å²) in [5.41, 5.74) is 1.80. The number of aliphatic hydroxyl groups is 1. The summed E-state index contributed by atoms with van der Waals surface area (Å²) < 4.78 is 33.6. The topological polar surface area (TPSA) is 58.6 Å². The minimum absolute atomic E-state index is 0.0441. The Morgan fingerprint density at radius 1 is 1.22 bits per heavy atom. The Hall–Kier alpha value is -2.47. The van der Waals surface area contributed by atoms with Gasteiger partial charge in [-0.05, 0) is 60.6 Å². The lowest BCUT2D eigenvalue weighted by atomic mass is 9.74. The molecule has 1 aliphatic carbocycles. The van der Waals surface area contributed by atoms with Gasteiger partial charge in [0.15, 0.2) is 11.6 Å². The van der Waals surface area contributed by atoms with Crippen LogP contribution in [-0.2, 0) is 6.42 Å². The van der Waals surface area contributed by atoms with E-state index < -0.39 is 17.5 Å². The summed E-state index contributed by atoms with van der Waals surface area (Å²) in [6.45, 7) is 2.08. The number of rotatable bonds is 4. The summed E-state index contributed by atoms with van der Waals surface area (Å²) in [5.74, 6) is -1.92. The van der Waals surface area contributed by atoms with Gasteiger partial charge in [-0.3, -0.25) is 4.79 Å². The molecule has 0 aromatic heterocycles. The fourth-order valence-electron chi connectivity index (χ4n) is 3.82. The van der Waals surface area contributed by atoms with Crippen molar-refractivity contribution in [3.05, 3.63) is 64.2 Å². The van der Waals surface area contributed by atoms with E-state index in [-0.39, 0.29) is 29.2 Å². The first-order chi connectivity index (χ1) is 12.9. The van der Waals surface area contributed by atoms with Crippen LogP contribution in [0.25, 0.3) is 0 Å². The Morgan fingerprint density at radius 2 is 2.00 bits per heavy atom. The number of aliphatic hydroxyl groups excluding tert-OH is 1. The summed E-state index contributed by atoms with van der Waals surface area (Å²) in [7, 11) is 0. The molecule has 2 aromatic carbocycles. The van der Waals surface area contributed by atoms with Crippen LogP contribution in [0.3, 0.4) is 0 Å². The largest absolute Gasteiger partial charge is 0.493 e. The number of amides is 1. The zero-order chi connectivity index (χ0) is 19.1. The Bertz CT molecular complexity index is 893. The van der Waals surface area contributed by atoms with E-state index in [0.29, 0.717) is 19.4 Å². The molecule has 1 atom stereocenters. The molecular formula is C21H21F2NO3. The standard InChI is InChI=1S/C21H21F2NO3/c1-11-2-4-16(19(23)18(11)22)21(26)24-20(14-9-15(25)10-14)13-3-5-17-12(8-13)6-7-27-17/h2-5,8,14-15,20,25H,6-7,9-10H2,1H3,(H,24,26)/t14?,15?,20-/m1/s1. The molecule has 6 heteroatoms. The quantitative estimate of drug-likeness (QED) is 0.863. The highest BCUT2D eigenvalue weighted by molar-refractivity contribution is 5.94. The summed E-state index contributed by atoms with van der Waals surface area (Å²) in [6, 6.07) is 8.05. The molecule has 1 heterocycles. The molecule has 0 radical (unpaired) electrons. The second-order valence-electron chi connectivity index (χ2n) is 7.36. The van der Waals surface area contributed by atoms with E-state index in [4.69, 9.17) is 4.74 Å². The molecule has 1 saturated carbocycles. The second kappa shape index (κ2) is 6.93. The Balaban J connectivity index is 1.62. The van der Waals surface area contributed by atoms with Gasteiger partial charge in [0, 0.05) is 6.42 Å². The minimum atomic E-state index is -1.14. The maximum absolute atomic E-state index is 14.2. The molecule has 142 valence electrons. The summed E-state index contributed by atoms with van der Waals surface area (Å²) in [4.78, 5) is 12.7. The van der Waals surface area contributed by atoms with Gasteiger partial charge in [-0.2, -0.15) is 0 Å². The summed E-state index contributed by atoms with van der Waals surface area (Å²) in [6.07, 6.45) is 1.53. The van der Waals surface area contributed by atoms with E-state index in [1.165, 1.54) is 19.1 Å². The first-order valence-corrected chi connectivity index (χ1v) is 9.13. The number of nitrogens with one attached hydrogen (secondary N) is 1. The third-order valence-corrected chi connectivity index (χ3v) is 5.50. The van der Waals surface area contributed by atoms with Gasteiger partial charge in [0.1, 0.15) is 5.75 Å². The third kappa shape index (κ3) is 3.30. The summed E-state index contributed by atoms with van der Waals surface area (Å²) >= 11 is 0. The number of hydrogen-bond donors (Lipinski definition) is 2. The highest BCUT2D eigenvalue weighted by Crippen LogP contribution is 2.40. The number of fused-ring (bicyclic) bond motifs is 1. The van der Waals surface area contributed by atoms with Crippen molar-refractivity contribution in [3.63, 3.8) is 0 Å². The number of benzene rings is 2. The zero-order valence-electron chi connectivity index (χ0n) is 15.0. The van der Waals surface area contributed by atoms with Crippen LogP contribution in [-0.4, -0.2) is 23.7 Å². The number of carbonyl (C=O) groups excluding carboxylic acids is 1. The van der Waals surface area contributed by atoms with Crippen molar-refractivity contribution in [2.24, 2.45) is 5.92 Å². The molecule has 1 amide bonds. The first kappa shape index (κ1) is 17.9. The van der Waals surface area contributed by atoms with Gasteiger partial charge in [0.2, 0.25) is 0 Å². The van der Waals surface area contributed by atoms with Crippen molar-refractivity contribution in [1.29, 1.82) is 0 Å². The van der Waals surface area contributed by atoms with Gasteiger partial charge >= 0.3 is 0 Å². The maximum atomic E-state index is 14.2. The maximum Gasteiger partial charge on any atom is 0.254 e. The predicted molar refractivity (Wildman–Crippen MR) is 95.7 cm³/mol. The molecule has 0 spiro atoms. The first-order valence-electron chi connectivity index (χ1n) is 9.13. The molecule has 2 aromatic rings. The average molecular weight is 373 g/mol. The van der Waals surface area contributed by atoms with Gasteiger partial charge < -0.3 is 15.2 Å². The van der Waals surface area contributed by atoms with Crippen molar-refractivity contribution in [3.8, 4) is 5.75 Å². The van der Waals surface area contributed by atoms with Crippen molar-refractivity contribution >= 4 is 5.91 Å². The van der Waals surface area contributed by atoms with Gasteiger partial charge in [0.05, 0.1) is 24.3 Å². The van der Waals surface area contributed by atoms with Crippen LogP contribution in [0, 0.1) is 24.5 Å². The van der Waals surface area contributed by atoms with Crippen LogP contribution in [0.15, 0.2) is 30.3 Å². The van der Waals surface area contributed by atoms with E-state index in [0.717, 1.165) is 23.3 Å². The smallest absolute Gasteiger partial charge is 0.254 e. The molecule has 0 unspecified atom stereocenters. The molecule has 4 nitrogen and oxygen atoms in total. The van der Waals surface area contributed by atoms with Crippen LogP contribution in [0.4, 0.5) is 8.78 Å². The monoisotopic (exact) mass is 373 g/mol. The van der Waals surface area contributed by atoms with Crippen LogP contribution in [0.2, 0.25) is 0 Å². The summed E-state index contributed by atoms with van der Waals surface area (Å²) in [5, 5.41) is 12.5. The van der Waals surface area contributed by atoms with Crippen LogP contribution in [0.5, 0.6) is 5.75 Å². The van der Waals surface area contributed by atoms with Crippen molar-refractivity contribution < 1.29 is 23.4 Å². The fraction of sp³-hybridized carbons (Fsp3) is 0.381. The van der Waals surface area contributed by atoms with E-state index in [2.05, 4.69) is 5.32 Å². The predicted octanol–water partition coefficient (Wildman–Crippen LogP) is 3.45. The molecule has 0 bridgehead atoms. The average Bonchev–Trinajstić information content (AvgIpc) is 3.09. The lowest BCUT2D eigenvalue weighted by Gasteiger charge is -2.38. The molecule has 2 aliphatic rings. The number of halogens is 2. The van der Waals surface area contributed by atoms with Crippen molar-refractivity contribution in [2.75, 3.05) is 6.61 Å². The molecule has 4 rings (SSSR count). The lowest BCUT2D eigenvalue weighted by molar-refractivity contribution is 0.0234. The number of hydrogen-bond acceptors (Lipinski definition) is 3. The Labute approximate surface area is 156 Å². The lowest BCUT2D eigenvalue weighted by Crippen LogP contribution is -2.41. The highest BCUT2D eigenvalue weighted by atomic mass is 19.2. The van der Waals surface area contributed by atoms with Crippen molar-refractivity contribution in [1.82, 2.24) is 5.32 Å². The van der Waals surface area contributed by atoms with E-state index >= 15 is 0 Å². The highest BCUT2D eigenvalue weighted by Gasteiger charge is 2.36. The normalized spacial score (nSPS) is 21.8. The molecule has 27 heavy (non-hydrogen) atoms. The fourth-order valence-corrected chi connectivity index (χ4v) is 3.82. The second-order valence-corrected chi connectivity index (χ2v) is 7.36. The number of carbonyl (C=O) groups is 1. The number of ether oxygens (including phenoxy) is 1. The molecular weight excluding hydrogens is 352 g/mol. The molecule has 0 saturated heterocycles. The van der Waals surface area contributed by atoms with E-state index in [1.807, 2.05) is 18.2 Å². The zero-order valence-corrected chi connectivity index (χ0v) is 15.0. The SMILES string of the molecule is Cc1ccc(C(=O)N[C@H](c2ccc3c(c2)CCO3)C2CC(O)C2)c(F)c1F. The molecule has 1 fully saturated rings. The molecule has 1 aliphatic heterocycles. The number of aryl methyl sites for hydroxylation is 1. The van der Waals surface area contributed by atoms with Crippen molar-refractivity contribution in [2.45, 2.75) is 38.3 Å².